The third-order valence-electron chi connectivity index (χ3n) is 4.88. The molecule has 0 saturated heterocycles. The Bertz CT molecular complexity index is 755. The van der Waals surface area contributed by atoms with Crippen molar-refractivity contribution in [3.05, 3.63) is 70.8 Å². The predicted molar refractivity (Wildman–Crippen MR) is 95.4 cm³/mol. The normalized spacial score (nSPS) is 24.7. The molecule has 3 unspecified atom stereocenters. The van der Waals surface area contributed by atoms with E-state index in [-0.39, 0.29) is 6.04 Å². The van der Waals surface area contributed by atoms with Crippen molar-refractivity contribution in [2.24, 2.45) is 5.92 Å². The highest BCUT2D eigenvalue weighted by atomic mass is 35.5. The van der Waals surface area contributed by atoms with Crippen molar-refractivity contribution in [3.8, 4) is 5.75 Å². The molecule has 4 rings (SSSR count). The van der Waals surface area contributed by atoms with Crippen LogP contribution in [0.25, 0.3) is 0 Å². The topological polar surface area (TPSA) is 21.3 Å². The molecule has 1 aliphatic heterocycles. The Morgan fingerprint density at radius 1 is 1.17 bits per heavy atom. The number of ether oxygens (including phenoxy) is 1. The zero-order valence-corrected chi connectivity index (χ0v) is 13.9. The van der Waals surface area contributed by atoms with Crippen LogP contribution in [-0.2, 0) is 0 Å². The van der Waals surface area contributed by atoms with Gasteiger partial charge in [-0.1, -0.05) is 42.0 Å². The van der Waals surface area contributed by atoms with Gasteiger partial charge in [-0.2, -0.15) is 0 Å². The van der Waals surface area contributed by atoms with E-state index in [0.717, 1.165) is 17.2 Å². The lowest BCUT2D eigenvalue weighted by Crippen LogP contribution is -2.29. The van der Waals surface area contributed by atoms with E-state index in [1.165, 1.54) is 16.8 Å². The van der Waals surface area contributed by atoms with Gasteiger partial charge in [-0.15, -0.1) is 0 Å². The smallest absolute Gasteiger partial charge is 0.124 e. The Labute approximate surface area is 142 Å². The van der Waals surface area contributed by atoms with Gasteiger partial charge in [0.1, 0.15) is 5.75 Å². The Morgan fingerprint density at radius 2 is 2.04 bits per heavy atom. The van der Waals surface area contributed by atoms with Gasteiger partial charge in [0, 0.05) is 22.2 Å². The maximum Gasteiger partial charge on any atom is 0.124 e. The van der Waals surface area contributed by atoms with Crippen molar-refractivity contribution in [2.45, 2.75) is 25.3 Å². The van der Waals surface area contributed by atoms with Gasteiger partial charge in [-0.25, -0.2) is 0 Å². The Balaban J connectivity index is 1.78. The number of rotatable bonds is 3. The summed E-state index contributed by atoms with van der Waals surface area (Å²) in [5.41, 5.74) is 3.73. The molecule has 3 atom stereocenters. The molecule has 0 saturated carbocycles. The van der Waals surface area contributed by atoms with Gasteiger partial charge in [0.05, 0.1) is 12.6 Å². The highest BCUT2D eigenvalue weighted by Crippen LogP contribution is 2.51. The van der Waals surface area contributed by atoms with E-state index in [1.54, 1.807) is 0 Å². The number of fused-ring (bicyclic) bond motifs is 3. The number of allylic oxidation sites excluding steroid dienone is 2. The van der Waals surface area contributed by atoms with Crippen molar-refractivity contribution in [1.82, 2.24) is 0 Å². The van der Waals surface area contributed by atoms with Crippen LogP contribution in [-0.4, -0.2) is 6.61 Å². The molecule has 23 heavy (non-hydrogen) atoms. The molecule has 1 heterocycles. The first kappa shape index (κ1) is 14.6. The number of hydrogen-bond acceptors (Lipinski definition) is 2. The summed E-state index contributed by atoms with van der Waals surface area (Å²) < 4.78 is 5.86. The lowest BCUT2D eigenvalue weighted by atomic mass is 9.77. The molecule has 0 fully saturated rings. The van der Waals surface area contributed by atoms with Gasteiger partial charge in [-0.3, -0.25) is 0 Å². The van der Waals surface area contributed by atoms with E-state index in [0.29, 0.717) is 18.4 Å². The van der Waals surface area contributed by atoms with Crippen LogP contribution in [0, 0.1) is 5.92 Å². The summed E-state index contributed by atoms with van der Waals surface area (Å²) >= 11 is 6.22. The second-order valence-corrected chi connectivity index (χ2v) is 6.61. The monoisotopic (exact) mass is 325 g/mol. The van der Waals surface area contributed by atoms with E-state index in [4.69, 9.17) is 16.3 Å². The summed E-state index contributed by atoms with van der Waals surface area (Å²) in [6.07, 6.45) is 5.70. The fourth-order valence-electron chi connectivity index (χ4n) is 3.90. The van der Waals surface area contributed by atoms with Gasteiger partial charge in [0.2, 0.25) is 0 Å². The van der Waals surface area contributed by atoms with Crippen LogP contribution >= 0.6 is 11.6 Å². The average molecular weight is 326 g/mol. The van der Waals surface area contributed by atoms with Gasteiger partial charge < -0.3 is 10.1 Å². The number of benzene rings is 2. The molecule has 1 aliphatic carbocycles. The minimum atomic E-state index is 0.256. The summed E-state index contributed by atoms with van der Waals surface area (Å²) in [6.45, 7) is 2.71. The highest BCUT2D eigenvalue weighted by Gasteiger charge is 2.38. The molecule has 0 aromatic heterocycles. The van der Waals surface area contributed by atoms with Gasteiger partial charge in [0.15, 0.2) is 0 Å². The SMILES string of the molecule is CCOc1ccccc1C1Nc2ccc(Cl)cc2C2C=CCC21. The molecule has 0 bridgehead atoms. The first-order chi connectivity index (χ1) is 11.3. The molecule has 0 radical (unpaired) electrons. The van der Waals surface area contributed by atoms with Crippen LogP contribution in [0.3, 0.4) is 0 Å². The fraction of sp³-hybridized carbons (Fsp3) is 0.300. The molecule has 3 heteroatoms. The largest absolute Gasteiger partial charge is 0.494 e. The average Bonchev–Trinajstić information content (AvgIpc) is 3.05. The summed E-state index contributed by atoms with van der Waals surface area (Å²) in [7, 11) is 0. The van der Waals surface area contributed by atoms with Crippen molar-refractivity contribution >= 4 is 17.3 Å². The lowest BCUT2D eigenvalue weighted by Gasteiger charge is -2.38. The van der Waals surface area contributed by atoms with E-state index >= 15 is 0 Å². The molecular weight excluding hydrogens is 306 g/mol. The molecule has 0 spiro atoms. The molecular formula is C20H20ClNO. The lowest BCUT2D eigenvalue weighted by molar-refractivity contribution is 0.326. The number of halogens is 1. The zero-order valence-electron chi connectivity index (χ0n) is 13.1. The quantitative estimate of drug-likeness (QED) is 0.745. The maximum absolute atomic E-state index is 6.22. The van der Waals surface area contributed by atoms with E-state index in [9.17, 15) is 0 Å². The van der Waals surface area contributed by atoms with Crippen LogP contribution in [0.2, 0.25) is 5.02 Å². The fourth-order valence-corrected chi connectivity index (χ4v) is 4.08. The minimum absolute atomic E-state index is 0.256. The first-order valence-corrected chi connectivity index (χ1v) is 8.60. The molecule has 2 aromatic carbocycles. The number of hydrogen-bond donors (Lipinski definition) is 1. The summed E-state index contributed by atoms with van der Waals surface area (Å²) in [5, 5.41) is 4.54. The number of para-hydroxylation sites is 1. The number of anilines is 1. The van der Waals surface area contributed by atoms with Crippen LogP contribution in [0.5, 0.6) is 5.75 Å². The van der Waals surface area contributed by atoms with Crippen LogP contribution in [0.15, 0.2) is 54.6 Å². The molecule has 2 aromatic rings. The standard InChI is InChI=1S/C20H20ClNO/c1-2-23-19-9-4-3-6-16(19)20-15-8-5-7-14(15)17-12-13(21)10-11-18(17)22-20/h3-7,9-12,14-15,20,22H,2,8H2,1H3. The highest BCUT2D eigenvalue weighted by molar-refractivity contribution is 6.30. The Hall–Kier alpha value is -1.93. The van der Waals surface area contributed by atoms with Crippen molar-refractivity contribution in [1.29, 1.82) is 0 Å². The van der Waals surface area contributed by atoms with E-state index in [1.807, 2.05) is 19.1 Å². The van der Waals surface area contributed by atoms with E-state index in [2.05, 4.69) is 47.8 Å². The molecule has 2 aliphatic rings. The predicted octanol–water partition coefficient (Wildman–Crippen LogP) is 5.57. The van der Waals surface area contributed by atoms with Crippen molar-refractivity contribution < 1.29 is 4.74 Å². The van der Waals surface area contributed by atoms with E-state index < -0.39 is 0 Å². The molecule has 2 nitrogen and oxygen atoms in total. The second-order valence-electron chi connectivity index (χ2n) is 6.18. The molecule has 118 valence electrons. The van der Waals surface area contributed by atoms with Crippen LogP contribution < -0.4 is 10.1 Å². The minimum Gasteiger partial charge on any atom is -0.494 e. The number of nitrogens with one attached hydrogen (secondary N) is 1. The third kappa shape index (κ3) is 2.51. The second kappa shape index (κ2) is 5.93. The van der Waals surface area contributed by atoms with Gasteiger partial charge in [-0.05, 0) is 49.1 Å². The summed E-state index contributed by atoms with van der Waals surface area (Å²) in [4.78, 5) is 0. The zero-order chi connectivity index (χ0) is 15.8. The molecule has 1 N–H and O–H groups in total. The Morgan fingerprint density at radius 3 is 2.91 bits per heavy atom. The van der Waals surface area contributed by atoms with Crippen molar-refractivity contribution in [2.75, 3.05) is 11.9 Å². The summed E-state index contributed by atoms with van der Waals surface area (Å²) in [6, 6.07) is 14.8. The maximum atomic E-state index is 6.22. The van der Waals surface area contributed by atoms with Gasteiger partial charge in [0.25, 0.3) is 0 Å². The van der Waals surface area contributed by atoms with Gasteiger partial charge >= 0.3 is 0 Å². The molecule has 0 amide bonds. The first-order valence-electron chi connectivity index (χ1n) is 8.22. The summed E-state index contributed by atoms with van der Waals surface area (Å²) in [5.74, 6) is 1.91. The van der Waals surface area contributed by atoms with Crippen LogP contribution in [0.1, 0.15) is 36.4 Å². The van der Waals surface area contributed by atoms with Crippen molar-refractivity contribution in [3.63, 3.8) is 0 Å². The third-order valence-corrected chi connectivity index (χ3v) is 5.11. The van der Waals surface area contributed by atoms with Crippen LogP contribution in [0.4, 0.5) is 5.69 Å². The Kier molecular flexibility index (Phi) is 3.78.